The van der Waals surface area contributed by atoms with Crippen LogP contribution in [0.25, 0.3) is 0 Å². The van der Waals surface area contributed by atoms with Crippen molar-refractivity contribution in [3.05, 3.63) is 24.3 Å². The number of benzene rings is 1. The fraction of sp³-hybridized carbons (Fsp3) is 0.417. The quantitative estimate of drug-likeness (QED) is 0.811. The van der Waals surface area contributed by atoms with Gasteiger partial charge in [0.15, 0.2) is 5.75 Å². The first-order chi connectivity index (χ1) is 10.5. The molecular weight excluding hydrogens is 339 g/mol. The molecule has 2 amide bonds. The van der Waals surface area contributed by atoms with Gasteiger partial charge in [-0.1, -0.05) is 12.1 Å². The van der Waals surface area contributed by atoms with Crippen molar-refractivity contribution in [1.29, 1.82) is 0 Å². The summed E-state index contributed by atoms with van der Waals surface area (Å²) in [7, 11) is -0.787. The minimum atomic E-state index is -4.89. The number of ether oxygens (including phenoxy) is 1. The van der Waals surface area contributed by atoms with E-state index >= 15 is 0 Å². The Morgan fingerprint density at radius 1 is 1.26 bits per heavy atom. The van der Waals surface area contributed by atoms with Gasteiger partial charge in [0.2, 0.25) is 10.0 Å². The number of halogens is 3. The number of carbonyl (C=O) groups is 1. The van der Waals surface area contributed by atoms with Crippen LogP contribution in [0.4, 0.5) is 23.7 Å². The predicted molar refractivity (Wildman–Crippen MR) is 77.6 cm³/mol. The largest absolute Gasteiger partial charge is 0.573 e. The molecule has 0 aliphatic heterocycles. The van der Waals surface area contributed by atoms with Crippen molar-refractivity contribution in [3.8, 4) is 5.75 Å². The van der Waals surface area contributed by atoms with Crippen LogP contribution in [0.15, 0.2) is 24.3 Å². The minimum Gasteiger partial charge on any atom is -0.404 e. The van der Waals surface area contributed by atoms with Crippen LogP contribution < -0.4 is 15.4 Å². The summed E-state index contributed by atoms with van der Waals surface area (Å²) in [5.74, 6) is -0.912. The van der Waals surface area contributed by atoms with Gasteiger partial charge in [-0.3, -0.25) is 0 Å². The summed E-state index contributed by atoms with van der Waals surface area (Å²) in [6.45, 7) is -0.200. The zero-order valence-corrected chi connectivity index (χ0v) is 13.2. The van der Waals surface area contributed by atoms with Crippen molar-refractivity contribution >= 4 is 21.7 Å². The molecule has 1 aromatic rings. The van der Waals surface area contributed by atoms with Crippen LogP contribution in [-0.4, -0.2) is 51.5 Å². The van der Waals surface area contributed by atoms with Gasteiger partial charge in [0, 0.05) is 20.6 Å². The first-order valence-electron chi connectivity index (χ1n) is 6.31. The van der Waals surface area contributed by atoms with Crippen molar-refractivity contribution < 1.29 is 31.1 Å². The first-order valence-corrected chi connectivity index (χ1v) is 7.92. The lowest BCUT2D eigenvalue weighted by atomic mass is 10.3. The average Bonchev–Trinajstić information content (AvgIpc) is 2.39. The van der Waals surface area contributed by atoms with Gasteiger partial charge in [0.25, 0.3) is 0 Å². The zero-order valence-electron chi connectivity index (χ0n) is 12.3. The maximum Gasteiger partial charge on any atom is 0.573 e. The van der Waals surface area contributed by atoms with Crippen LogP contribution in [-0.2, 0) is 10.0 Å². The molecule has 0 saturated carbocycles. The van der Waals surface area contributed by atoms with Gasteiger partial charge in [-0.25, -0.2) is 17.5 Å². The summed E-state index contributed by atoms with van der Waals surface area (Å²) in [6.07, 6.45) is -4.89. The second kappa shape index (κ2) is 7.51. The molecule has 0 unspecified atom stereocenters. The van der Waals surface area contributed by atoms with Crippen molar-refractivity contribution in [2.75, 3.05) is 31.7 Å². The van der Waals surface area contributed by atoms with Crippen molar-refractivity contribution in [2.45, 2.75) is 6.36 Å². The van der Waals surface area contributed by atoms with Crippen LogP contribution in [0.3, 0.4) is 0 Å². The van der Waals surface area contributed by atoms with E-state index in [2.05, 4.69) is 15.4 Å². The molecule has 1 aromatic carbocycles. The second-order valence-electron chi connectivity index (χ2n) is 4.52. The van der Waals surface area contributed by atoms with E-state index < -0.39 is 28.2 Å². The molecule has 0 fully saturated rings. The number of carbonyl (C=O) groups excluding carboxylic acids is 1. The number of hydrogen-bond donors (Lipinski definition) is 2. The van der Waals surface area contributed by atoms with Gasteiger partial charge in [-0.05, 0) is 12.1 Å². The van der Waals surface area contributed by atoms with Crippen molar-refractivity contribution in [3.63, 3.8) is 0 Å². The highest BCUT2D eigenvalue weighted by atomic mass is 32.2. The lowest BCUT2D eigenvalue weighted by Gasteiger charge is -2.15. The third-order valence-electron chi connectivity index (χ3n) is 2.56. The Kier molecular flexibility index (Phi) is 6.21. The van der Waals surface area contributed by atoms with Crippen LogP contribution in [0.2, 0.25) is 0 Å². The van der Waals surface area contributed by atoms with E-state index in [1.165, 1.54) is 32.3 Å². The Morgan fingerprint density at radius 3 is 2.43 bits per heavy atom. The molecule has 2 N–H and O–H groups in total. The van der Waals surface area contributed by atoms with Gasteiger partial charge in [0.05, 0.1) is 11.4 Å². The fourth-order valence-electron chi connectivity index (χ4n) is 1.43. The molecule has 130 valence electrons. The zero-order chi connectivity index (χ0) is 17.7. The Labute approximate surface area is 131 Å². The monoisotopic (exact) mass is 355 g/mol. The second-order valence-corrected chi connectivity index (χ2v) is 6.83. The molecule has 1 rings (SSSR count). The van der Waals surface area contributed by atoms with E-state index in [-0.39, 0.29) is 18.0 Å². The topological polar surface area (TPSA) is 87.7 Å². The number of para-hydroxylation sites is 2. The van der Waals surface area contributed by atoms with E-state index in [0.717, 1.165) is 10.4 Å². The Hall–Kier alpha value is -2.01. The number of rotatable bonds is 6. The lowest BCUT2D eigenvalue weighted by molar-refractivity contribution is -0.274. The Bertz CT molecular complexity index is 647. The molecule has 0 aliphatic carbocycles. The van der Waals surface area contributed by atoms with Gasteiger partial charge in [-0.2, -0.15) is 0 Å². The number of anilines is 1. The maximum absolute atomic E-state index is 12.2. The Balaban J connectivity index is 2.62. The first kappa shape index (κ1) is 19.0. The molecular formula is C12H16F3N3O4S. The smallest absolute Gasteiger partial charge is 0.404 e. The number of sulfonamides is 1. The number of hydrogen-bond acceptors (Lipinski definition) is 4. The van der Waals surface area contributed by atoms with Gasteiger partial charge < -0.3 is 15.4 Å². The fourth-order valence-corrected chi connectivity index (χ4v) is 2.15. The van der Waals surface area contributed by atoms with E-state index in [0.29, 0.717) is 0 Å². The highest BCUT2D eigenvalue weighted by molar-refractivity contribution is 7.89. The van der Waals surface area contributed by atoms with Crippen LogP contribution in [0, 0.1) is 0 Å². The van der Waals surface area contributed by atoms with E-state index in [4.69, 9.17) is 0 Å². The molecule has 0 atom stereocenters. The average molecular weight is 355 g/mol. The number of amides is 2. The van der Waals surface area contributed by atoms with E-state index in [1.807, 2.05) is 0 Å². The normalized spacial score (nSPS) is 12.1. The molecule has 0 aromatic heterocycles. The highest BCUT2D eigenvalue weighted by Crippen LogP contribution is 2.29. The summed E-state index contributed by atoms with van der Waals surface area (Å²) >= 11 is 0. The molecule has 0 radical (unpaired) electrons. The Morgan fingerprint density at radius 2 is 1.87 bits per heavy atom. The molecule has 7 nitrogen and oxygen atoms in total. The molecule has 0 spiro atoms. The van der Waals surface area contributed by atoms with Crippen molar-refractivity contribution in [1.82, 2.24) is 9.62 Å². The molecule has 23 heavy (non-hydrogen) atoms. The van der Waals surface area contributed by atoms with E-state index in [1.54, 1.807) is 0 Å². The minimum absolute atomic E-state index is 0.196. The van der Waals surface area contributed by atoms with Crippen LogP contribution in [0.5, 0.6) is 5.75 Å². The highest BCUT2D eigenvalue weighted by Gasteiger charge is 2.32. The predicted octanol–water partition coefficient (Wildman–Crippen LogP) is 1.60. The molecule has 0 heterocycles. The summed E-state index contributed by atoms with van der Waals surface area (Å²) in [6, 6.07) is 4.14. The summed E-state index contributed by atoms with van der Waals surface area (Å²) in [5, 5.41) is 4.40. The number of alkyl halides is 3. The number of nitrogens with zero attached hydrogens (tertiary/aromatic N) is 1. The number of nitrogens with one attached hydrogen (secondary N) is 2. The third-order valence-corrected chi connectivity index (χ3v) is 4.40. The van der Waals surface area contributed by atoms with Crippen LogP contribution in [0.1, 0.15) is 0 Å². The SMILES string of the molecule is CN(C)S(=O)(=O)CCNC(=O)Nc1ccccc1OC(F)(F)F. The lowest BCUT2D eigenvalue weighted by Crippen LogP contribution is -2.36. The standard InChI is InChI=1S/C12H16F3N3O4S/c1-18(2)23(20,21)8-7-16-11(19)17-9-5-3-4-6-10(9)22-12(13,14)15/h3-6H,7-8H2,1-2H3,(H2,16,17,19). The van der Waals surface area contributed by atoms with Gasteiger partial charge in [-0.15, -0.1) is 13.2 Å². The van der Waals surface area contributed by atoms with Crippen molar-refractivity contribution in [2.24, 2.45) is 0 Å². The van der Waals surface area contributed by atoms with Gasteiger partial charge >= 0.3 is 12.4 Å². The summed E-state index contributed by atoms with van der Waals surface area (Å²) in [5.41, 5.74) is -0.196. The molecule has 11 heteroatoms. The molecule has 0 saturated heterocycles. The maximum atomic E-state index is 12.2. The molecule has 0 bridgehead atoms. The third kappa shape index (κ3) is 6.74. The summed E-state index contributed by atoms with van der Waals surface area (Å²) < 4.78 is 64.5. The number of urea groups is 1. The summed E-state index contributed by atoms with van der Waals surface area (Å²) in [4.78, 5) is 11.6. The van der Waals surface area contributed by atoms with Gasteiger partial charge in [0.1, 0.15) is 0 Å². The molecule has 0 aliphatic rings. The van der Waals surface area contributed by atoms with E-state index in [9.17, 15) is 26.4 Å². The van der Waals surface area contributed by atoms with Crippen LogP contribution >= 0.6 is 0 Å².